The molecule has 2 nitrogen and oxygen atoms in total. The molecule has 1 aromatic carbocycles. The van der Waals surface area contributed by atoms with Crippen LogP contribution in [-0.2, 0) is 6.61 Å². The standard InChI is InChI=1S/C9H7ClO2/c10-8-3-6-1-2-12-9(6)7(4-8)5-11/h1-4,11H,5H2. The van der Waals surface area contributed by atoms with Crippen LogP contribution in [-0.4, -0.2) is 5.11 Å². The Kier molecular flexibility index (Phi) is 1.79. The van der Waals surface area contributed by atoms with E-state index in [2.05, 4.69) is 0 Å². The van der Waals surface area contributed by atoms with Crippen molar-refractivity contribution in [3.63, 3.8) is 0 Å². The maximum atomic E-state index is 8.96. The number of benzene rings is 1. The summed E-state index contributed by atoms with van der Waals surface area (Å²) >= 11 is 5.81. The van der Waals surface area contributed by atoms with Crippen molar-refractivity contribution in [2.24, 2.45) is 0 Å². The summed E-state index contributed by atoms with van der Waals surface area (Å²) in [5.41, 5.74) is 1.43. The molecule has 62 valence electrons. The molecule has 1 N–H and O–H groups in total. The Balaban J connectivity index is 2.80. The second-order valence-electron chi connectivity index (χ2n) is 2.56. The van der Waals surface area contributed by atoms with Gasteiger partial charge in [0.25, 0.3) is 0 Å². The van der Waals surface area contributed by atoms with Crippen molar-refractivity contribution in [1.82, 2.24) is 0 Å². The number of fused-ring (bicyclic) bond motifs is 1. The number of furan rings is 1. The molecule has 0 saturated carbocycles. The van der Waals surface area contributed by atoms with Gasteiger partial charge in [0.05, 0.1) is 12.9 Å². The second kappa shape index (κ2) is 2.81. The molecule has 1 heterocycles. The van der Waals surface area contributed by atoms with Crippen LogP contribution >= 0.6 is 11.6 Å². The van der Waals surface area contributed by atoms with Gasteiger partial charge in [0.1, 0.15) is 5.58 Å². The maximum absolute atomic E-state index is 8.96. The molecule has 0 unspecified atom stereocenters. The molecule has 0 amide bonds. The highest BCUT2D eigenvalue weighted by molar-refractivity contribution is 6.31. The van der Waals surface area contributed by atoms with Gasteiger partial charge in [-0.25, -0.2) is 0 Å². The first-order valence-electron chi connectivity index (χ1n) is 3.58. The van der Waals surface area contributed by atoms with Crippen LogP contribution < -0.4 is 0 Å². The highest BCUT2D eigenvalue weighted by atomic mass is 35.5. The second-order valence-corrected chi connectivity index (χ2v) is 3.00. The summed E-state index contributed by atoms with van der Waals surface area (Å²) in [5, 5.41) is 10.5. The van der Waals surface area contributed by atoms with Crippen LogP contribution in [0.5, 0.6) is 0 Å². The molecule has 1 aromatic heterocycles. The summed E-state index contributed by atoms with van der Waals surface area (Å²) in [7, 11) is 0. The van der Waals surface area contributed by atoms with Gasteiger partial charge in [0.2, 0.25) is 0 Å². The average molecular weight is 183 g/mol. The zero-order valence-electron chi connectivity index (χ0n) is 6.25. The molecular formula is C9H7ClO2. The summed E-state index contributed by atoms with van der Waals surface area (Å²) in [6, 6.07) is 5.33. The summed E-state index contributed by atoms with van der Waals surface area (Å²) in [4.78, 5) is 0. The fourth-order valence-corrected chi connectivity index (χ4v) is 1.48. The normalized spacial score (nSPS) is 10.8. The minimum Gasteiger partial charge on any atom is -0.464 e. The van der Waals surface area contributed by atoms with Gasteiger partial charge in [-0.15, -0.1) is 0 Å². The Morgan fingerprint density at radius 1 is 1.42 bits per heavy atom. The molecular weight excluding hydrogens is 176 g/mol. The zero-order chi connectivity index (χ0) is 8.55. The van der Waals surface area contributed by atoms with Crippen molar-refractivity contribution in [1.29, 1.82) is 0 Å². The number of rotatable bonds is 1. The fourth-order valence-electron chi connectivity index (χ4n) is 1.23. The summed E-state index contributed by atoms with van der Waals surface area (Å²) in [5.74, 6) is 0. The van der Waals surface area contributed by atoms with Crippen LogP contribution in [0, 0.1) is 0 Å². The van der Waals surface area contributed by atoms with E-state index in [1.165, 1.54) is 0 Å². The van der Waals surface area contributed by atoms with Gasteiger partial charge in [0, 0.05) is 16.0 Å². The quantitative estimate of drug-likeness (QED) is 0.736. The van der Waals surface area contributed by atoms with Crippen LogP contribution in [0.2, 0.25) is 5.02 Å². The number of halogens is 1. The van der Waals surface area contributed by atoms with Gasteiger partial charge in [-0.05, 0) is 18.2 Å². The monoisotopic (exact) mass is 182 g/mol. The number of aliphatic hydroxyl groups excluding tert-OH is 1. The summed E-state index contributed by atoms with van der Waals surface area (Å²) < 4.78 is 5.18. The predicted molar refractivity (Wildman–Crippen MR) is 47.1 cm³/mol. The van der Waals surface area contributed by atoms with Crippen molar-refractivity contribution in [3.8, 4) is 0 Å². The largest absolute Gasteiger partial charge is 0.464 e. The van der Waals surface area contributed by atoms with Crippen molar-refractivity contribution >= 4 is 22.6 Å². The molecule has 0 radical (unpaired) electrons. The molecule has 12 heavy (non-hydrogen) atoms. The summed E-state index contributed by atoms with van der Waals surface area (Å²) in [6.45, 7) is -0.0510. The number of hydrogen-bond acceptors (Lipinski definition) is 2. The Labute approximate surface area is 74.4 Å². The summed E-state index contributed by atoms with van der Waals surface area (Å²) in [6.07, 6.45) is 1.58. The van der Waals surface area contributed by atoms with E-state index < -0.39 is 0 Å². The molecule has 0 atom stereocenters. The third-order valence-electron chi connectivity index (χ3n) is 1.76. The van der Waals surface area contributed by atoms with Crippen molar-refractivity contribution < 1.29 is 9.52 Å². The van der Waals surface area contributed by atoms with E-state index >= 15 is 0 Å². The highest BCUT2D eigenvalue weighted by Gasteiger charge is 2.04. The lowest BCUT2D eigenvalue weighted by Crippen LogP contribution is -1.82. The van der Waals surface area contributed by atoms with Gasteiger partial charge >= 0.3 is 0 Å². The van der Waals surface area contributed by atoms with Gasteiger partial charge in [-0.1, -0.05) is 11.6 Å². The third kappa shape index (κ3) is 1.09. The molecule has 0 aliphatic heterocycles. The first kappa shape index (κ1) is 7.65. The molecule has 0 saturated heterocycles. The average Bonchev–Trinajstić information content (AvgIpc) is 2.50. The van der Waals surface area contributed by atoms with E-state index in [9.17, 15) is 0 Å². The van der Waals surface area contributed by atoms with Crippen molar-refractivity contribution in [2.45, 2.75) is 6.61 Å². The van der Waals surface area contributed by atoms with Crippen molar-refractivity contribution in [2.75, 3.05) is 0 Å². The van der Waals surface area contributed by atoms with Crippen LogP contribution in [0.15, 0.2) is 28.9 Å². The van der Waals surface area contributed by atoms with E-state index in [4.69, 9.17) is 21.1 Å². The smallest absolute Gasteiger partial charge is 0.139 e. The van der Waals surface area contributed by atoms with Crippen LogP contribution in [0.4, 0.5) is 0 Å². The Morgan fingerprint density at radius 2 is 2.25 bits per heavy atom. The molecule has 2 rings (SSSR count). The molecule has 3 heteroatoms. The fraction of sp³-hybridized carbons (Fsp3) is 0.111. The number of aliphatic hydroxyl groups is 1. The lowest BCUT2D eigenvalue weighted by molar-refractivity contribution is 0.281. The van der Waals surface area contributed by atoms with Crippen LogP contribution in [0.1, 0.15) is 5.56 Å². The SMILES string of the molecule is OCc1cc(Cl)cc2ccoc12. The van der Waals surface area contributed by atoms with E-state index in [0.717, 1.165) is 10.9 Å². The molecule has 0 aliphatic carbocycles. The van der Waals surface area contributed by atoms with Gasteiger partial charge in [-0.2, -0.15) is 0 Å². The third-order valence-corrected chi connectivity index (χ3v) is 1.98. The van der Waals surface area contributed by atoms with E-state index in [1.54, 1.807) is 18.4 Å². The van der Waals surface area contributed by atoms with E-state index in [0.29, 0.717) is 10.6 Å². The zero-order valence-corrected chi connectivity index (χ0v) is 7.01. The maximum Gasteiger partial charge on any atom is 0.139 e. The minimum absolute atomic E-state index is 0.0510. The number of hydrogen-bond donors (Lipinski definition) is 1. The first-order valence-corrected chi connectivity index (χ1v) is 3.95. The van der Waals surface area contributed by atoms with E-state index in [-0.39, 0.29) is 6.61 Å². The lowest BCUT2D eigenvalue weighted by Gasteiger charge is -1.97. The van der Waals surface area contributed by atoms with Gasteiger partial charge in [-0.3, -0.25) is 0 Å². The molecule has 0 bridgehead atoms. The predicted octanol–water partition coefficient (Wildman–Crippen LogP) is 2.58. The molecule has 0 fully saturated rings. The van der Waals surface area contributed by atoms with Gasteiger partial charge in [0.15, 0.2) is 0 Å². The Morgan fingerprint density at radius 3 is 3.00 bits per heavy atom. The topological polar surface area (TPSA) is 33.4 Å². The van der Waals surface area contributed by atoms with Crippen LogP contribution in [0.25, 0.3) is 11.0 Å². The molecule has 0 spiro atoms. The van der Waals surface area contributed by atoms with Crippen LogP contribution in [0.3, 0.4) is 0 Å². The first-order chi connectivity index (χ1) is 5.81. The highest BCUT2D eigenvalue weighted by Crippen LogP contribution is 2.24. The minimum atomic E-state index is -0.0510. The molecule has 2 aromatic rings. The Bertz CT molecular complexity index is 406. The molecule has 0 aliphatic rings. The van der Waals surface area contributed by atoms with Gasteiger partial charge < -0.3 is 9.52 Å². The lowest BCUT2D eigenvalue weighted by atomic mass is 10.2. The Hall–Kier alpha value is -0.990. The van der Waals surface area contributed by atoms with Crippen molar-refractivity contribution in [3.05, 3.63) is 35.0 Å². The van der Waals surface area contributed by atoms with E-state index in [1.807, 2.05) is 6.07 Å².